The Morgan fingerprint density at radius 3 is 3.05 bits per heavy atom. The summed E-state index contributed by atoms with van der Waals surface area (Å²) in [6, 6.07) is 3.83. The molecule has 2 N–H and O–H groups in total. The minimum Gasteiger partial charge on any atom is -0.343 e. The zero-order valence-electron chi connectivity index (χ0n) is 11.4. The van der Waals surface area contributed by atoms with Gasteiger partial charge < -0.3 is 4.98 Å². The van der Waals surface area contributed by atoms with E-state index >= 15 is 0 Å². The average molecular weight is 283 g/mol. The number of amides is 1. The first-order valence-electron chi connectivity index (χ1n) is 6.75. The van der Waals surface area contributed by atoms with Gasteiger partial charge in [-0.3, -0.25) is 14.7 Å². The Morgan fingerprint density at radius 1 is 1.38 bits per heavy atom. The summed E-state index contributed by atoms with van der Waals surface area (Å²) in [5, 5.41) is 10.8. The number of carbonyl (C=O) groups excluding carboxylic acids is 1. The molecule has 0 spiro atoms. The van der Waals surface area contributed by atoms with Crippen molar-refractivity contribution >= 4 is 23.0 Å². The summed E-state index contributed by atoms with van der Waals surface area (Å²) < 4.78 is 1.96. The quantitative estimate of drug-likeness (QED) is 0.757. The van der Waals surface area contributed by atoms with Crippen molar-refractivity contribution in [3.05, 3.63) is 30.0 Å². The van der Waals surface area contributed by atoms with Crippen molar-refractivity contribution in [3.63, 3.8) is 0 Å². The van der Waals surface area contributed by atoms with Gasteiger partial charge in [-0.1, -0.05) is 0 Å². The first-order valence-corrected chi connectivity index (χ1v) is 6.75. The number of anilines is 1. The number of rotatable bonds is 3. The largest absolute Gasteiger partial charge is 0.343 e. The minimum absolute atomic E-state index is 0.303. The van der Waals surface area contributed by atoms with Crippen molar-refractivity contribution in [2.24, 2.45) is 0 Å². The van der Waals surface area contributed by atoms with Crippen LogP contribution in [0, 0.1) is 6.92 Å². The van der Waals surface area contributed by atoms with Gasteiger partial charge in [0, 0.05) is 6.04 Å². The number of H-pyrrole nitrogens is 1. The molecule has 106 valence electrons. The molecular formula is C13H13N7O. The van der Waals surface area contributed by atoms with Crippen LogP contribution < -0.4 is 5.32 Å². The third-order valence-electron chi connectivity index (χ3n) is 3.52. The lowest BCUT2D eigenvalue weighted by molar-refractivity contribution is 0.102. The molecule has 4 rings (SSSR count). The maximum Gasteiger partial charge on any atom is 0.276 e. The second-order valence-corrected chi connectivity index (χ2v) is 5.10. The third-order valence-corrected chi connectivity index (χ3v) is 3.52. The molecule has 3 aromatic heterocycles. The number of aromatic nitrogens is 6. The number of hydrogen-bond acceptors (Lipinski definition) is 5. The molecule has 0 atom stereocenters. The van der Waals surface area contributed by atoms with Gasteiger partial charge in [0.2, 0.25) is 5.95 Å². The monoisotopic (exact) mass is 283 g/mol. The van der Waals surface area contributed by atoms with Gasteiger partial charge in [0.05, 0.1) is 11.8 Å². The third kappa shape index (κ3) is 2.04. The Hall–Kier alpha value is -2.77. The number of carbonyl (C=O) groups is 1. The van der Waals surface area contributed by atoms with E-state index in [0.29, 0.717) is 23.3 Å². The van der Waals surface area contributed by atoms with Crippen LogP contribution in [-0.2, 0) is 0 Å². The first-order chi connectivity index (χ1) is 10.2. The lowest BCUT2D eigenvalue weighted by Gasteiger charge is -2.07. The fourth-order valence-electron chi connectivity index (χ4n) is 2.34. The van der Waals surface area contributed by atoms with Crippen molar-refractivity contribution in [1.82, 2.24) is 29.7 Å². The van der Waals surface area contributed by atoms with E-state index in [1.807, 2.05) is 11.5 Å². The number of aryl methyl sites for hydroxylation is 1. The highest BCUT2D eigenvalue weighted by Crippen LogP contribution is 2.37. The second kappa shape index (κ2) is 4.37. The van der Waals surface area contributed by atoms with Crippen LogP contribution in [0.25, 0.3) is 11.2 Å². The van der Waals surface area contributed by atoms with E-state index in [0.717, 1.165) is 24.2 Å². The predicted molar refractivity (Wildman–Crippen MR) is 74.9 cm³/mol. The number of imidazole rings is 1. The van der Waals surface area contributed by atoms with Crippen LogP contribution in [0.2, 0.25) is 0 Å². The highest BCUT2D eigenvalue weighted by molar-refractivity contribution is 6.02. The second-order valence-electron chi connectivity index (χ2n) is 5.10. The molecule has 0 aliphatic heterocycles. The average Bonchev–Trinajstić information content (AvgIpc) is 3.08. The Kier molecular flexibility index (Phi) is 2.50. The fourth-order valence-corrected chi connectivity index (χ4v) is 2.34. The summed E-state index contributed by atoms with van der Waals surface area (Å²) >= 11 is 0. The van der Waals surface area contributed by atoms with Crippen LogP contribution in [-0.4, -0.2) is 35.6 Å². The molecule has 0 saturated heterocycles. The van der Waals surface area contributed by atoms with E-state index in [2.05, 4.69) is 30.5 Å². The molecule has 3 heterocycles. The summed E-state index contributed by atoms with van der Waals surface area (Å²) in [5.74, 6) is 0.974. The Morgan fingerprint density at radius 2 is 2.24 bits per heavy atom. The Labute approximate surface area is 119 Å². The van der Waals surface area contributed by atoms with Crippen molar-refractivity contribution in [2.45, 2.75) is 25.8 Å². The molecule has 21 heavy (non-hydrogen) atoms. The lowest BCUT2D eigenvalue weighted by Crippen LogP contribution is -2.17. The Bertz CT molecular complexity index is 830. The Balaban J connectivity index is 1.63. The van der Waals surface area contributed by atoms with Crippen LogP contribution >= 0.6 is 0 Å². The van der Waals surface area contributed by atoms with E-state index in [4.69, 9.17) is 0 Å². The van der Waals surface area contributed by atoms with E-state index in [-0.39, 0.29) is 5.91 Å². The molecule has 1 fully saturated rings. The van der Waals surface area contributed by atoms with Crippen LogP contribution in [0.5, 0.6) is 0 Å². The number of fused-ring (bicyclic) bond motifs is 1. The molecule has 0 aromatic carbocycles. The van der Waals surface area contributed by atoms with Crippen LogP contribution in [0.1, 0.15) is 35.2 Å². The highest BCUT2D eigenvalue weighted by Gasteiger charge is 2.29. The van der Waals surface area contributed by atoms with Crippen molar-refractivity contribution in [1.29, 1.82) is 0 Å². The zero-order valence-corrected chi connectivity index (χ0v) is 11.4. The van der Waals surface area contributed by atoms with Crippen molar-refractivity contribution in [3.8, 4) is 0 Å². The summed E-state index contributed by atoms with van der Waals surface area (Å²) in [7, 11) is 0. The van der Waals surface area contributed by atoms with Gasteiger partial charge in [-0.15, -0.1) is 10.2 Å². The SMILES string of the molecule is Cc1nnc(NC(=O)c2ccc3[nH]cnc3n2)n1C1CC1. The molecule has 1 aliphatic rings. The molecule has 3 aromatic rings. The van der Waals surface area contributed by atoms with Crippen molar-refractivity contribution in [2.75, 3.05) is 5.32 Å². The van der Waals surface area contributed by atoms with Gasteiger partial charge >= 0.3 is 0 Å². The molecule has 1 aliphatic carbocycles. The molecule has 8 heteroatoms. The van der Waals surface area contributed by atoms with Crippen LogP contribution in [0.3, 0.4) is 0 Å². The van der Waals surface area contributed by atoms with E-state index in [9.17, 15) is 4.79 Å². The number of pyridine rings is 1. The summed E-state index contributed by atoms with van der Waals surface area (Å²) in [5.41, 5.74) is 1.61. The maximum atomic E-state index is 12.3. The van der Waals surface area contributed by atoms with Gasteiger partial charge in [0.15, 0.2) is 5.65 Å². The molecule has 0 radical (unpaired) electrons. The predicted octanol–water partition coefficient (Wildman–Crippen LogP) is 1.45. The normalized spacial score (nSPS) is 14.5. The number of hydrogen-bond donors (Lipinski definition) is 2. The van der Waals surface area contributed by atoms with Gasteiger partial charge in [-0.2, -0.15) is 0 Å². The van der Waals surface area contributed by atoms with Crippen LogP contribution in [0.4, 0.5) is 5.95 Å². The van der Waals surface area contributed by atoms with Gasteiger partial charge in [-0.05, 0) is 31.9 Å². The number of nitrogens with one attached hydrogen (secondary N) is 2. The standard InChI is InChI=1S/C13H13N7O/c1-7-18-19-13(20(7)8-2-3-8)17-12(21)10-5-4-9-11(16-10)15-6-14-9/h4-6,8H,2-3H2,1H3,(H,14,15,16)(H,17,19,21). The van der Waals surface area contributed by atoms with E-state index < -0.39 is 0 Å². The first kappa shape index (κ1) is 12.0. The summed E-state index contributed by atoms with van der Waals surface area (Å²) in [4.78, 5) is 23.5. The minimum atomic E-state index is -0.311. The fraction of sp³-hybridized carbons (Fsp3) is 0.308. The van der Waals surface area contributed by atoms with E-state index in [1.165, 1.54) is 0 Å². The van der Waals surface area contributed by atoms with Gasteiger partial charge in [-0.25, -0.2) is 9.97 Å². The van der Waals surface area contributed by atoms with Gasteiger partial charge in [0.25, 0.3) is 5.91 Å². The molecule has 0 unspecified atom stereocenters. The zero-order chi connectivity index (χ0) is 14.4. The van der Waals surface area contributed by atoms with Crippen molar-refractivity contribution < 1.29 is 4.79 Å². The summed E-state index contributed by atoms with van der Waals surface area (Å²) in [6.45, 7) is 1.88. The molecular weight excluding hydrogens is 270 g/mol. The van der Waals surface area contributed by atoms with E-state index in [1.54, 1.807) is 18.5 Å². The molecule has 8 nitrogen and oxygen atoms in total. The number of nitrogens with zero attached hydrogens (tertiary/aromatic N) is 5. The van der Waals surface area contributed by atoms with Crippen LogP contribution in [0.15, 0.2) is 18.5 Å². The molecule has 1 amide bonds. The number of aromatic amines is 1. The maximum absolute atomic E-state index is 12.3. The molecule has 0 bridgehead atoms. The van der Waals surface area contributed by atoms with Gasteiger partial charge in [0.1, 0.15) is 11.5 Å². The summed E-state index contributed by atoms with van der Waals surface area (Å²) in [6.07, 6.45) is 3.74. The highest BCUT2D eigenvalue weighted by atomic mass is 16.2. The molecule has 1 saturated carbocycles. The lowest BCUT2D eigenvalue weighted by atomic mass is 10.3. The smallest absolute Gasteiger partial charge is 0.276 e. The topological polar surface area (TPSA) is 101 Å².